The topological polar surface area (TPSA) is 67.5 Å². The molecule has 4 atom stereocenters. The minimum absolute atomic E-state index is 0.0407. The number of nitrogens with one attached hydrogen (secondary N) is 1. The molecule has 4 nitrogen and oxygen atoms in total. The Balaban J connectivity index is 4.29. The van der Waals surface area contributed by atoms with Gasteiger partial charge in [0.2, 0.25) is 0 Å². The van der Waals surface area contributed by atoms with Gasteiger partial charge in [-0.3, -0.25) is 0 Å². The van der Waals surface area contributed by atoms with E-state index in [0.717, 1.165) is 0 Å². The second-order valence-corrected chi connectivity index (χ2v) is 4.63. The summed E-state index contributed by atoms with van der Waals surface area (Å²) in [6, 6.07) is 0.219. The minimum Gasteiger partial charge on any atom is -0.393 e. The molecule has 0 aromatic heterocycles. The van der Waals surface area contributed by atoms with Crippen molar-refractivity contribution in [3.8, 4) is 0 Å². The Morgan fingerprint density at radius 2 is 1.93 bits per heavy atom. The van der Waals surface area contributed by atoms with Crippen LogP contribution in [0.5, 0.6) is 0 Å². The van der Waals surface area contributed by atoms with Crippen LogP contribution in [0.4, 0.5) is 0 Å². The van der Waals surface area contributed by atoms with Gasteiger partial charge in [-0.15, -0.1) is 0 Å². The smallest absolute Gasteiger partial charge is 0.0734 e. The number of nitrogens with two attached hydrogens (primary N) is 1. The second-order valence-electron chi connectivity index (χ2n) is 4.63. The zero-order valence-electron chi connectivity index (χ0n) is 10.6. The average Bonchev–Trinajstić information content (AvgIpc) is 2.14. The quantitative estimate of drug-likeness (QED) is 0.582. The summed E-state index contributed by atoms with van der Waals surface area (Å²) in [5, 5.41) is 12.7. The van der Waals surface area contributed by atoms with Crippen LogP contribution >= 0.6 is 0 Å². The van der Waals surface area contributed by atoms with Crippen molar-refractivity contribution in [2.45, 2.75) is 57.9 Å². The Kier molecular flexibility index (Phi) is 6.36. The molecule has 0 rings (SSSR count). The first-order chi connectivity index (χ1) is 6.85. The molecule has 4 heteroatoms. The molecule has 0 fully saturated rings. The van der Waals surface area contributed by atoms with E-state index in [-0.39, 0.29) is 23.8 Å². The summed E-state index contributed by atoms with van der Waals surface area (Å²) in [5.74, 6) is 0. The van der Waals surface area contributed by atoms with Crippen molar-refractivity contribution in [1.29, 1.82) is 0 Å². The summed E-state index contributed by atoms with van der Waals surface area (Å²) in [4.78, 5) is 0. The van der Waals surface area contributed by atoms with Gasteiger partial charge in [0, 0.05) is 19.7 Å². The van der Waals surface area contributed by atoms with Crippen molar-refractivity contribution in [3.63, 3.8) is 0 Å². The number of methoxy groups -OCH3 is 1. The maximum absolute atomic E-state index is 9.29. The van der Waals surface area contributed by atoms with E-state index >= 15 is 0 Å². The molecule has 0 bridgehead atoms. The summed E-state index contributed by atoms with van der Waals surface area (Å²) >= 11 is 0. The third-order valence-electron chi connectivity index (χ3n) is 2.95. The highest BCUT2D eigenvalue weighted by Crippen LogP contribution is 2.13. The molecule has 0 aliphatic rings. The molecule has 92 valence electrons. The van der Waals surface area contributed by atoms with E-state index in [4.69, 9.17) is 10.5 Å². The van der Waals surface area contributed by atoms with Gasteiger partial charge in [-0.1, -0.05) is 0 Å². The Morgan fingerprint density at radius 1 is 1.40 bits per heavy atom. The Hall–Kier alpha value is -0.160. The fourth-order valence-electron chi connectivity index (χ4n) is 1.74. The van der Waals surface area contributed by atoms with Crippen LogP contribution in [0, 0.1) is 0 Å². The monoisotopic (exact) mass is 218 g/mol. The molecule has 0 heterocycles. The molecule has 0 saturated heterocycles. The molecule has 0 aromatic rings. The van der Waals surface area contributed by atoms with Crippen LogP contribution in [-0.4, -0.2) is 42.5 Å². The normalized spacial score (nSPS) is 21.8. The van der Waals surface area contributed by atoms with Crippen LogP contribution in [0.15, 0.2) is 0 Å². The van der Waals surface area contributed by atoms with Crippen LogP contribution in [0.25, 0.3) is 0 Å². The molecule has 0 amide bonds. The molecular weight excluding hydrogens is 192 g/mol. The van der Waals surface area contributed by atoms with Crippen LogP contribution < -0.4 is 11.1 Å². The first-order valence-electron chi connectivity index (χ1n) is 5.54. The van der Waals surface area contributed by atoms with Gasteiger partial charge >= 0.3 is 0 Å². The largest absolute Gasteiger partial charge is 0.393 e. The lowest BCUT2D eigenvalue weighted by molar-refractivity contribution is 0.0333. The highest BCUT2D eigenvalue weighted by atomic mass is 16.5. The van der Waals surface area contributed by atoms with Gasteiger partial charge in [-0.2, -0.15) is 0 Å². The zero-order valence-corrected chi connectivity index (χ0v) is 10.6. The summed E-state index contributed by atoms with van der Waals surface area (Å²) < 4.78 is 5.31. The van der Waals surface area contributed by atoms with Gasteiger partial charge in [0.15, 0.2) is 0 Å². The standard InChI is InChI=1S/C11H26N2O2/c1-8(6-9(2)14)13-11(4,7-12)10(3)15-5/h8-10,13-14H,6-7,12H2,1-5H3. The van der Waals surface area contributed by atoms with Gasteiger partial charge < -0.3 is 20.9 Å². The molecule has 0 aliphatic heterocycles. The lowest BCUT2D eigenvalue weighted by atomic mass is 9.94. The molecule has 4 N–H and O–H groups in total. The molecule has 0 saturated carbocycles. The van der Waals surface area contributed by atoms with Gasteiger partial charge in [0.25, 0.3) is 0 Å². The van der Waals surface area contributed by atoms with Crippen LogP contribution in [0.3, 0.4) is 0 Å². The van der Waals surface area contributed by atoms with Gasteiger partial charge in [0.05, 0.1) is 17.7 Å². The SMILES string of the molecule is COC(C)C(C)(CN)NC(C)CC(C)O. The van der Waals surface area contributed by atoms with E-state index < -0.39 is 0 Å². The van der Waals surface area contributed by atoms with Gasteiger partial charge in [-0.25, -0.2) is 0 Å². The van der Waals surface area contributed by atoms with Crippen molar-refractivity contribution < 1.29 is 9.84 Å². The molecule has 0 aromatic carbocycles. The first-order valence-corrected chi connectivity index (χ1v) is 5.54. The van der Waals surface area contributed by atoms with E-state index in [1.54, 1.807) is 14.0 Å². The molecule has 0 aliphatic carbocycles. The number of hydrogen-bond donors (Lipinski definition) is 3. The van der Waals surface area contributed by atoms with E-state index in [1.165, 1.54) is 0 Å². The summed E-state index contributed by atoms with van der Waals surface area (Å²) in [6.45, 7) is 8.38. The van der Waals surface area contributed by atoms with E-state index in [2.05, 4.69) is 5.32 Å². The number of hydrogen-bond acceptors (Lipinski definition) is 4. The number of ether oxygens (including phenoxy) is 1. The van der Waals surface area contributed by atoms with Crippen molar-refractivity contribution in [2.24, 2.45) is 5.73 Å². The van der Waals surface area contributed by atoms with E-state index in [1.807, 2.05) is 20.8 Å². The second kappa shape index (κ2) is 6.43. The predicted octanol–water partition coefficient (Wildman–Crippen LogP) is 0.488. The Morgan fingerprint density at radius 3 is 2.27 bits per heavy atom. The van der Waals surface area contributed by atoms with Crippen LogP contribution in [-0.2, 0) is 4.74 Å². The Labute approximate surface area is 93.2 Å². The van der Waals surface area contributed by atoms with Crippen molar-refractivity contribution in [2.75, 3.05) is 13.7 Å². The van der Waals surface area contributed by atoms with Crippen LogP contribution in [0.2, 0.25) is 0 Å². The predicted molar refractivity (Wildman–Crippen MR) is 62.8 cm³/mol. The summed E-state index contributed by atoms with van der Waals surface area (Å²) in [6.07, 6.45) is 0.456. The van der Waals surface area contributed by atoms with Crippen molar-refractivity contribution in [1.82, 2.24) is 5.32 Å². The van der Waals surface area contributed by atoms with Gasteiger partial charge in [0.1, 0.15) is 0 Å². The zero-order chi connectivity index (χ0) is 12.1. The average molecular weight is 218 g/mol. The highest BCUT2D eigenvalue weighted by molar-refractivity contribution is 4.92. The van der Waals surface area contributed by atoms with Gasteiger partial charge in [-0.05, 0) is 34.1 Å². The fraction of sp³-hybridized carbons (Fsp3) is 1.00. The fourth-order valence-corrected chi connectivity index (χ4v) is 1.74. The summed E-state index contributed by atoms with van der Waals surface area (Å²) in [7, 11) is 1.68. The van der Waals surface area contributed by atoms with E-state index in [0.29, 0.717) is 13.0 Å². The third kappa shape index (κ3) is 4.93. The third-order valence-corrected chi connectivity index (χ3v) is 2.95. The maximum atomic E-state index is 9.29. The van der Waals surface area contributed by atoms with Crippen molar-refractivity contribution in [3.05, 3.63) is 0 Å². The van der Waals surface area contributed by atoms with E-state index in [9.17, 15) is 5.11 Å². The first kappa shape index (κ1) is 14.8. The summed E-state index contributed by atoms with van der Waals surface area (Å²) in [5.41, 5.74) is 5.51. The van der Waals surface area contributed by atoms with Crippen molar-refractivity contribution >= 4 is 0 Å². The molecule has 0 spiro atoms. The lowest BCUT2D eigenvalue weighted by Gasteiger charge is -2.37. The highest BCUT2D eigenvalue weighted by Gasteiger charge is 2.31. The maximum Gasteiger partial charge on any atom is 0.0734 e. The number of aliphatic hydroxyl groups is 1. The molecule has 4 unspecified atom stereocenters. The molecular formula is C11H26N2O2. The Bertz CT molecular complexity index is 176. The number of aliphatic hydroxyl groups excluding tert-OH is 1. The lowest BCUT2D eigenvalue weighted by Crippen LogP contribution is -2.59. The molecule has 0 radical (unpaired) electrons. The molecule has 15 heavy (non-hydrogen) atoms. The number of rotatable bonds is 7. The minimum atomic E-state index is -0.299. The van der Waals surface area contributed by atoms with Crippen LogP contribution in [0.1, 0.15) is 34.1 Å².